The highest BCUT2D eigenvalue weighted by molar-refractivity contribution is 7.99. The van der Waals surface area contributed by atoms with E-state index >= 15 is 0 Å². The summed E-state index contributed by atoms with van der Waals surface area (Å²) in [5.74, 6) is 0.362. The molecule has 3 aromatic heterocycles. The lowest BCUT2D eigenvalue weighted by Gasteiger charge is -1.97. The zero-order chi connectivity index (χ0) is 12.7. The fourth-order valence-electron chi connectivity index (χ4n) is 1.82. The minimum absolute atomic E-state index is 0.362. The van der Waals surface area contributed by atoms with Crippen molar-refractivity contribution < 1.29 is 0 Å². The van der Waals surface area contributed by atoms with Gasteiger partial charge in [-0.05, 0) is 19.4 Å². The van der Waals surface area contributed by atoms with Crippen molar-refractivity contribution in [2.24, 2.45) is 0 Å². The second-order valence-corrected chi connectivity index (χ2v) is 5.98. The number of hydrogen-bond acceptors (Lipinski definition) is 6. The van der Waals surface area contributed by atoms with Gasteiger partial charge in [0.25, 0.3) is 0 Å². The lowest BCUT2D eigenvalue weighted by atomic mass is 10.2. The standard InChI is InChI=1S/C11H9N5S2/c1-6-7(2)18-10-8(6)9-14-15-11(17-4-3-12)16(9)5-13-10/h5H,4H2,1-2H3. The summed E-state index contributed by atoms with van der Waals surface area (Å²) in [6, 6.07) is 2.09. The van der Waals surface area contributed by atoms with Gasteiger partial charge in [-0.3, -0.25) is 4.40 Å². The van der Waals surface area contributed by atoms with E-state index in [1.54, 1.807) is 17.7 Å². The van der Waals surface area contributed by atoms with E-state index in [-0.39, 0.29) is 0 Å². The van der Waals surface area contributed by atoms with Crippen LogP contribution in [0.25, 0.3) is 15.9 Å². The molecule has 7 heteroatoms. The van der Waals surface area contributed by atoms with E-state index in [4.69, 9.17) is 5.26 Å². The number of nitrogens with zero attached hydrogens (tertiary/aromatic N) is 5. The Kier molecular flexibility index (Phi) is 2.69. The summed E-state index contributed by atoms with van der Waals surface area (Å²) in [7, 11) is 0. The molecular weight excluding hydrogens is 266 g/mol. The average Bonchev–Trinajstić information content (AvgIpc) is 2.89. The Morgan fingerprint density at radius 2 is 2.28 bits per heavy atom. The molecule has 0 aromatic carbocycles. The van der Waals surface area contributed by atoms with Gasteiger partial charge in [0, 0.05) is 4.88 Å². The predicted molar refractivity (Wildman–Crippen MR) is 72.0 cm³/mol. The Labute approximate surface area is 111 Å². The molecule has 0 aliphatic heterocycles. The van der Waals surface area contributed by atoms with Gasteiger partial charge in [0.05, 0.1) is 17.2 Å². The van der Waals surface area contributed by atoms with Gasteiger partial charge in [-0.2, -0.15) is 5.26 Å². The van der Waals surface area contributed by atoms with Crippen LogP contribution in [0.2, 0.25) is 0 Å². The molecule has 3 rings (SSSR count). The predicted octanol–water partition coefficient (Wildman–Crippen LogP) is 2.57. The van der Waals surface area contributed by atoms with Gasteiger partial charge in [0.15, 0.2) is 10.8 Å². The van der Waals surface area contributed by atoms with Gasteiger partial charge < -0.3 is 0 Å². The Balaban J connectivity index is 2.29. The van der Waals surface area contributed by atoms with Crippen molar-refractivity contribution in [3.63, 3.8) is 0 Å². The van der Waals surface area contributed by atoms with E-state index in [1.165, 1.54) is 22.2 Å². The number of aromatic nitrogens is 4. The van der Waals surface area contributed by atoms with E-state index in [1.807, 2.05) is 4.40 Å². The van der Waals surface area contributed by atoms with Crippen LogP contribution < -0.4 is 0 Å². The molecule has 0 N–H and O–H groups in total. The maximum absolute atomic E-state index is 8.61. The first-order valence-electron chi connectivity index (χ1n) is 5.31. The second kappa shape index (κ2) is 4.23. The minimum Gasteiger partial charge on any atom is -0.260 e. The largest absolute Gasteiger partial charge is 0.260 e. The maximum Gasteiger partial charge on any atom is 0.197 e. The Hall–Kier alpha value is -1.65. The molecule has 0 aliphatic rings. The van der Waals surface area contributed by atoms with Crippen LogP contribution in [0.15, 0.2) is 11.5 Å². The molecule has 3 aromatic rings. The summed E-state index contributed by atoms with van der Waals surface area (Å²) in [5.41, 5.74) is 2.03. The molecule has 3 heterocycles. The third-order valence-electron chi connectivity index (χ3n) is 2.81. The average molecular weight is 275 g/mol. The number of nitriles is 1. The fourth-order valence-corrected chi connectivity index (χ4v) is 3.38. The number of thioether (sulfide) groups is 1. The Morgan fingerprint density at radius 1 is 1.44 bits per heavy atom. The van der Waals surface area contributed by atoms with Crippen molar-refractivity contribution in [2.45, 2.75) is 19.0 Å². The Bertz CT molecular complexity index is 780. The highest BCUT2D eigenvalue weighted by Crippen LogP contribution is 2.31. The van der Waals surface area contributed by atoms with E-state index in [9.17, 15) is 0 Å². The number of hydrogen-bond donors (Lipinski definition) is 0. The molecule has 90 valence electrons. The quantitative estimate of drug-likeness (QED) is 0.672. The first kappa shape index (κ1) is 11.4. The second-order valence-electron chi connectivity index (χ2n) is 3.83. The molecule has 0 amide bonds. The molecule has 0 bridgehead atoms. The van der Waals surface area contributed by atoms with Crippen molar-refractivity contribution in [3.05, 3.63) is 16.8 Å². The zero-order valence-electron chi connectivity index (χ0n) is 9.84. The lowest BCUT2D eigenvalue weighted by Crippen LogP contribution is -1.90. The number of thiophene rings is 1. The third kappa shape index (κ3) is 1.57. The highest BCUT2D eigenvalue weighted by Gasteiger charge is 2.14. The van der Waals surface area contributed by atoms with Gasteiger partial charge in [0.1, 0.15) is 11.2 Å². The summed E-state index contributed by atoms with van der Waals surface area (Å²) >= 11 is 3.04. The van der Waals surface area contributed by atoms with E-state index in [2.05, 4.69) is 35.1 Å². The van der Waals surface area contributed by atoms with Crippen LogP contribution >= 0.6 is 23.1 Å². The summed E-state index contributed by atoms with van der Waals surface area (Å²) in [4.78, 5) is 6.67. The van der Waals surface area contributed by atoms with Crippen molar-refractivity contribution in [2.75, 3.05) is 5.75 Å². The topological polar surface area (TPSA) is 66.9 Å². The molecular formula is C11H9N5S2. The molecule has 5 nitrogen and oxygen atoms in total. The molecule has 0 unspecified atom stereocenters. The van der Waals surface area contributed by atoms with E-state index in [0.29, 0.717) is 10.9 Å². The van der Waals surface area contributed by atoms with Gasteiger partial charge in [0.2, 0.25) is 0 Å². The zero-order valence-corrected chi connectivity index (χ0v) is 11.5. The summed E-state index contributed by atoms with van der Waals surface area (Å²) in [5, 5.41) is 18.7. The molecule has 0 spiro atoms. The van der Waals surface area contributed by atoms with Crippen LogP contribution in [0.3, 0.4) is 0 Å². The summed E-state index contributed by atoms with van der Waals surface area (Å²) < 4.78 is 1.85. The van der Waals surface area contributed by atoms with E-state index in [0.717, 1.165) is 15.9 Å². The van der Waals surface area contributed by atoms with Gasteiger partial charge in [-0.15, -0.1) is 21.5 Å². The van der Waals surface area contributed by atoms with Crippen LogP contribution in [-0.2, 0) is 0 Å². The van der Waals surface area contributed by atoms with Gasteiger partial charge in [-0.25, -0.2) is 4.98 Å². The van der Waals surface area contributed by atoms with Crippen LogP contribution in [0.5, 0.6) is 0 Å². The smallest absolute Gasteiger partial charge is 0.197 e. The molecule has 0 fully saturated rings. The van der Waals surface area contributed by atoms with Crippen molar-refractivity contribution in [1.82, 2.24) is 19.6 Å². The highest BCUT2D eigenvalue weighted by atomic mass is 32.2. The number of fused-ring (bicyclic) bond motifs is 3. The number of rotatable bonds is 2. The van der Waals surface area contributed by atoms with Crippen molar-refractivity contribution in [1.29, 1.82) is 5.26 Å². The lowest BCUT2D eigenvalue weighted by molar-refractivity contribution is 0.909. The van der Waals surface area contributed by atoms with E-state index < -0.39 is 0 Å². The number of aryl methyl sites for hydroxylation is 2. The normalized spacial score (nSPS) is 11.2. The SMILES string of the molecule is Cc1sc2ncn3c(SCC#N)nnc3c2c1C. The first-order valence-corrected chi connectivity index (χ1v) is 7.11. The monoisotopic (exact) mass is 275 g/mol. The van der Waals surface area contributed by atoms with Crippen molar-refractivity contribution >= 4 is 39.0 Å². The van der Waals surface area contributed by atoms with Crippen molar-refractivity contribution in [3.8, 4) is 6.07 Å². The molecule has 18 heavy (non-hydrogen) atoms. The molecule has 0 saturated carbocycles. The van der Waals surface area contributed by atoms with Crippen LogP contribution in [0.1, 0.15) is 10.4 Å². The van der Waals surface area contributed by atoms with Crippen LogP contribution in [-0.4, -0.2) is 25.3 Å². The van der Waals surface area contributed by atoms with Crippen LogP contribution in [0.4, 0.5) is 0 Å². The molecule has 0 radical (unpaired) electrons. The molecule has 0 aliphatic carbocycles. The van der Waals surface area contributed by atoms with Gasteiger partial charge in [-0.1, -0.05) is 11.8 Å². The fraction of sp³-hybridized carbons (Fsp3) is 0.273. The Morgan fingerprint density at radius 3 is 3.06 bits per heavy atom. The molecule has 0 atom stereocenters. The maximum atomic E-state index is 8.61. The van der Waals surface area contributed by atoms with Gasteiger partial charge >= 0.3 is 0 Å². The molecule has 0 saturated heterocycles. The minimum atomic E-state index is 0.362. The summed E-state index contributed by atoms with van der Waals surface area (Å²) in [6.07, 6.45) is 1.73. The summed E-state index contributed by atoms with van der Waals surface area (Å²) in [6.45, 7) is 4.16. The first-order chi connectivity index (χ1) is 8.72. The van der Waals surface area contributed by atoms with Crippen LogP contribution in [0, 0.1) is 25.2 Å². The third-order valence-corrected chi connectivity index (χ3v) is 4.74.